The number of hydrogen-bond acceptors (Lipinski definition) is 9. The Morgan fingerprint density at radius 2 is 1.07 bits per heavy atom. The van der Waals surface area contributed by atoms with Crippen molar-refractivity contribution in [2.45, 2.75) is 148 Å². The van der Waals surface area contributed by atoms with Crippen molar-refractivity contribution in [1.29, 1.82) is 0 Å². The van der Waals surface area contributed by atoms with Gasteiger partial charge >= 0.3 is 11.9 Å². The highest BCUT2D eigenvalue weighted by Gasteiger charge is 2.21. The molecule has 0 fully saturated rings. The van der Waals surface area contributed by atoms with Crippen LogP contribution in [0, 0.1) is 0 Å². The predicted octanol–water partition coefficient (Wildman–Crippen LogP) is 10.9. The van der Waals surface area contributed by atoms with Gasteiger partial charge in [0.05, 0.1) is 33.9 Å². The summed E-state index contributed by atoms with van der Waals surface area (Å²) in [6.07, 6.45) is 47.8. The lowest BCUT2D eigenvalue weighted by Crippen LogP contribution is -2.37. The lowest BCUT2D eigenvalue weighted by Gasteiger charge is -2.28. The summed E-state index contributed by atoms with van der Waals surface area (Å²) in [5.74, 6) is -1.00. The number of phosphoric ester groups is 1. The summed E-state index contributed by atoms with van der Waals surface area (Å²) in [6, 6.07) is 0. The van der Waals surface area contributed by atoms with E-state index in [1.54, 1.807) is 0 Å². The number of esters is 2. The minimum Gasteiger partial charge on any atom is -0.756 e. The number of carbonyl (C=O) groups is 2. The fraction of sp³-hybridized carbons (Fsp3) is 0.625. The molecule has 0 saturated heterocycles. The Hall–Kier alpha value is -3.11. The second kappa shape index (κ2) is 39.1. The van der Waals surface area contributed by atoms with Crippen LogP contribution in [-0.2, 0) is 32.7 Å². The first-order chi connectivity index (χ1) is 28.4. The first-order valence-corrected chi connectivity index (χ1v) is 23.5. The zero-order valence-electron chi connectivity index (χ0n) is 37.3. The number of nitrogens with zero attached hydrogens (tertiary/aromatic N) is 1. The van der Waals surface area contributed by atoms with Crippen LogP contribution in [0.25, 0.3) is 0 Å². The van der Waals surface area contributed by atoms with Gasteiger partial charge in [0.15, 0.2) is 6.10 Å². The number of hydrogen-bond donors (Lipinski definition) is 1. The number of unbranched alkanes of at least 4 members (excludes halogenated alkanes) is 6. The first kappa shape index (κ1) is 55.9. The molecule has 0 aliphatic carbocycles. The molecule has 0 aromatic heterocycles. The van der Waals surface area contributed by atoms with Crippen molar-refractivity contribution >= 4 is 19.8 Å². The molecule has 1 unspecified atom stereocenters. The van der Waals surface area contributed by atoms with Crippen molar-refractivity contribution in [3.63, 3.8) is 0 Å². The van der Waals surface area contributed by atoms with Gasteiger partial charge in [-0.05, 0) is 83.5 Å². The molecule has 0 radical (unpaired) electrons. The largest absolute Gasteiger partial charge is 0.756 e. The molecule has 0 spiro atoms. The quantitative estimate of drug-likeness (QED) is 0.0212. The SMILES string of the molecule is CCCCC/C=C\C/C=C\C/C=C\C/C=C\CCCC(=O)O[C@H](COC(=O)CCC/C=C\C/C=C\C/C=C\C/C=C\[C@@H](O)CCCC)COP(=O)([O-])OCC[N+](C)(C)C. The monoisotopic (exact) mass is 846 g/mol. The van der Waals surface area contributed by atoms with Crippen LogP contribution >= 0.6 is 7.82 Å². The molecule has 0 amide bonds. The first-order valence-electron chi connectivity index (χ1n) is 22.0. The molecular formula is C48H80NO9P. The molecule has 10 nitrogen and oxygen atoms in total. The number of allylic oxidation sites excluding steroid dienone is 15. The van der Waals surface area contributed by atoms with Gasteiger partial charge in [0, 0.05) is 12.8 Å². The Morgan fingerprint density at radius 3 is 1.56 bits per heavy atom. The summed E-state index contributed by atoms with van der Waals surface area (Å²) in [7, 11) is 1.06. The Morgan fingerprint density at radius 1 is 0.610 bits per heavy atom. The fourth-order valence-electron chi connectivity index (χ4n) is 5.13. The number of aliphatic hydroxyl groups is 1. The van der Waals surface area contributed by atoms with Crippen LogP contribution < -0.4 is 4.89 Å². The highest BCUT2D eigenvalue weighted by atomic mass is 31.2. The topological polar surface area (TPSA) is 131 Å². The predicted molar refractivity (Wildman–Crippen MR) is 241 cm³/mol. The summed E-state index contributed by atoms with van der Waals surface area (Å²) >= 11 is 0. The highest BCUT2D eigenvalue weighted by molar-refractivity contribution is 7.45. The molecule has 59 heavy (non-hydrogen) atoms. The van der Waals surface area contributed by atoms with E-state index in [9.17, 15) is 24.2 Å². The molecule has 0 bridgehead atoms. The standard InChI is InChI=1S/C48H80NO9P/c1-6-8-10-11-12-13-14-15-16-17-18-19-24-27-30-33-36-40-48(52)58-46(44-57-59(53,54)56-42-41-49(3,4)5)43-55-47(51)39-35-32-29-26-23-21-20-22-25-28-31-34-38-45(50)37-9-7-2/h12-13,15-16,18-21,25-30,34,38,45-46,50H,6-11,14,17,22-24,31-33,35-37,39-44H2,1-5H3/b13-12-,16-15-,19-18-,21-20-,28-25-,29-26-,30-27-,38-34-/t45-,46+/m0/s1. The molecule has 0 aromatic rings. The van der Waals surface area contributed by atoms with Crippen LogP contribution in [0.5, 0.6) is 0 Å². The molecule has 0 saturated carbocycles. The van der Waals surface area contributed by atoms with E-state index in [-0.39, 0.29) is 32.2 Å². The molecule has 336 valence electrons. The lowest BCUT2D eigenvalue weighted by atomic mass is 10.1. The van der Waals surface area contributed by atoms with Crippen LogP contribution in [0.3, 0.4) is 0 Å². The highest BCUT2D eigenvalue weighted by Crippen LogP contribution is 2.38. The summed E-state index contributed by atoms with van der Waals surface area (Å²) in [4.78, 5) is 37.5. The van der Waals surface area contributed by atoms with Gasteiger partial charge in [-0.2, -0.15) is 0 Å². The lowest BCUT2D eigenvalue weighted by molar-refractivity contribution is -0.870. The van der Waals surface area contributed by atoms with E-state index in [4.69, 9.17) is 18.5 Å². The minimum atomic E-state index is -4.67. The maximum Gasteiger partial charge on any atom is 0.306 e. The summed E-state index contributed by atoms with van der Waals surface area (Å²) in [5, 5.41) is 9.82. The number of aliphatic hydroxyl groups excluding tert-OH is 1. The van der Waals surface area contributed by atoms with Gasteiger partial charge in [0.2, 0.25) is 0 Å². The van der Waals surface area contributed by atoms with E-state index < -0.39 is 32.5 Å². The summed E-state index contributed by atoms with van der Waals surface area (Å²) in [5.41, 5.74) is 0. The smallest absolute Gasteiger partial charge is 0.306 e. The van der Waals surface area contributed by atoms with Gasteiger partial charge in [-0.15, -0.1) is 0 Å². The fourth-order valence-corrected chi connectivity index (χ4v) is 5.86. The molecule has 11 heteroatoms. The van der Waals surface area contributed by atoms with Crippen LogP contribution in [0.1, 0.15) is 136 Å². The number of ether oxygens (including phenoxy) is 2. The third-order valence-corrected chi connectivity index (χ3v) is 9.61. The van der Waals surface area contributed by atoms with E-state index in [1.807, 2.05) is 51.5 Å². The second-order valence-corrected chi connectivity index (χ2v) is 16.9. The number of quaternary nitrogens is 1. The van der Waals surface area contributed by atoms with Gasteiger partial charge in [0.1, 0.15) is 19.8 Å². The van der Waals surface area contributed by atoms with Gasteiger partial charge in [-0.25, -0.2) is 0 Å². The van der Waals surface area contributed by atoms with E-state index >= 15 is 0 Å². The molecule has 0 aliphatic rings. The normalized spacial score (nSPS) is 15.0. The minimum absolute atomic E-state index is 0.0618. The van der Waals surface area contributed by atoms with Crippen molar-refractivity contribution in [1.82, 2.24) is 0 Å². The van der Waals surface area contributed by atoms with E-state index in [2.05, 4.69) is 80.7 Å². The number of carbonyl (C=O) groups excluding carboxylic acids is 2. The van der Waals surface area contributed by atoms with Gasteiger partial charge in [-0.1, -0.05) is 137 Å². The molecule has 0 aromatic carbocycles. The third-order valence-electron chi connectivity index (χ3n) is 8.65. The van der Waals surface area contributed by atoms with E-state index in [1.165, 1.54) is 19.3 Å². The van der Waals surface area contributed by atoms with Gasteiger partial charge in [0.25, 0.3) is 7.82 Å². The average molecular weight is 846 g/mol. The summed E-state index contributed by atoms with van der Waals surface area (Å²) in [6.45, 7) is 3.87. The van der Waals surface area contributed by atoms with Crippen molar-refractivity contribution < 1.29 is 47.2 Å². The Kier molecular flexibility index (Phi) is 37.0. The molecule has 1 N–H and O–H groups in total. The Balaban J connectivity index is 4.60. The van der Waals surface area contributed by atoms with Crippen molar-refractivity contribution in [3.8, 4) is 0 Å². The zero-order chi connectivity index (χ0) is 43.7. The molecule has 0 heterocycles. The average Bonchev–Trinajstić information content (AvgIpc) is 3.18. The van der Waals surface area contributed by atoms with Crippen LogP contribution in [0.4, 0.5) is 0 Å². The van der Waals surface area contributed by atoms with Crippen molar-refractivity contribution in [2.24, 2.45) is 0 Å². The van der Waals surface area contributed by atoms with E-state index in [0.717, 1.165) is 64.2 Å². The maximum atomic E-state index is 12.7. The number of likely N-dealkylation sites (N-methyl/N-ethyl adjacent to an activating group) is 1. The number of rotatable bonds is 38. The molecule has 0 aliphatic heterocycles. The van der Waals surface area contributed by atoms with Crippen molar-refractivity contribution in [3.05, 3.63) is 97.2 Å². The van der Waals surface area contributed by atoms with Crippen LogP contribution in [-0.4, -0.2) is 81.2 Å². The van der Waals surface area contributed by atoms with Gasteiger partial charge in [-0.3, -0.25) is 14.2 Å². The molecule has 3 atom stereocenters. The molecular weight excluding hydrogens is 766 g/mol. The second-order valence-electron chi connectivity index (χ2n) is 15.5. The van der Waals surface area contributed by atoms with Crippen LogP contribution in [0.15, 0.2) is 97.2 Å². The Labute approximate surface area is 358 Å². The van der Waals surface area contributed by atoms with Gasteiger partial charge < -0.3 is 33.0 Å². The Bertz CT molecular complexity index is 1340. The zero-order valence-corrected chi connectivity index (χ0v) is 38.2. The van der Waals surface area contributed by atoms with E-state index in [0.29, 0.717) is 36.7 Å². The number of phosphoric acid groups is 1. The third kappa shape index (κ3) is 42.8. The molecule has 0 rings (SSSR count). The van der Waals surface area contributed by atoms with Crippen LogP contribution in [0.2, 0.25) is 0 Å². The maximum absolute atomic E-state index is 12.7. The summed E-state index contributed by atoms with van der Waals surface area (Å²) < 4.78 is 33.7. The van der Waals surface area contributed by atoms with Crippen molar-refractivity contribution in [2.75, 3.05) is 47.5 Å².